The lowest BCUT2D eigenvalue weighted by Gasteiger charge is -2.28. The first-order valence-corrected chi connectivity index (χ1v) is 8.81. The van der Waals surface area contributed by atoms with Gasteiger partial charge in [0.15, 0.2) is 0 Å². The molecule has 0 aromatic heterocycles. The van der Waals surface area contributed by atoms with Crippen molar-refractivity contribution in [1.82, 2.24) is 4.90 Å². The Morgan fingerprint density at radius 1 is 1.33 bits per heavy atom. The third kappa shape index (κ3) is 4.99. The van der Waals surface area contributed by atoms with Crippen LogP contribution in [0.5, 0.6) is 0 Å². The second-order valence-electron chi connectivity index (χ2n) is 6.17. The summed E-state index contributed by atoms with van der Waals surface area (Å²) >= 11 is 1.38. The van der Waals surface area contributed by atoms with Gasteiger partial charge in [0, 0.05) is 24.4 Å². The fraction of sp³-hybridized carbons (Fsp3) is 0.471. The van der Waals surface area contributed by atoms with E-state index >= 15 is 0 Å². The molecule has 7 heteroatoms. The molecule has 1 aromatic rings. The summed E-state index contributed by atoms with van der Waals surface area (Å²) in [6.45, 7) is 4.60. The molecule has 2 rings (SSSR count). The zero-order chi connectivity index (χ0) is 17.7. The Morgan fingerprint density at radius 3 is 2.71 bits per heavy atom. The van der Waals surface area contributed by atoms with Crippen LogP contribution in [0, 0.1) is 5.92 Å². The minimum absolute atomic E-state index is 0.0666. The molecule has 1 aliphatic heterocycles. The quantitative estimate of drug-likeness (QED) is 0.789. The highest BCUT2D eigenvalue weighted by atomic mass is 32.2. The van der Waals surface area contributed by atoms with Gasteiger partial charge in [0.1, 0.15) is 0 Å². The van der Waals surface area contributed by atoms with Crippen molar-refractivity contribution < 1.29 is 19.5 Å². The molecule has 2 amide bonds. The van der Waals surface area contributed by atoms with Gasteiger partial charge in [-0.3, -0.25) is 14.4 Å². The molecule has 0 unspecified atom stereocenters. The number of hydrogen-bond donors (Lipinski definition) is 2. The second-order valence-corrected chi connectivity index (χ2v) is 7.42. The number of anilines is 1. The maximum atomic E-state index is 12.6. The highest BCUT2D eigenvalue weighted by Gasteiger charge is 2.30. The van der Waals surface area contributed by atoms with Crippen LogP contribution in [0.2, 0.25) is 0 Å². The summed E-state index contributed by atoms with van der Waals surface area (Å²) in [5.41, 5.74) is 0.765. The fourth-order valence-electron chi connectivity index (χ4n) is 2.50. The molecule has 0 spiro atoms. The molecular weight excluding hydrogens is 328 g/mol. The third-order valence-electron chi connectivity index (χ3n) is 3.60. The zero-order valence-corrected chi connectivity index (χ0v) is 14.6. The van der Waals surface area contributed by atoms with Gasteiger partial charge < -0.3 is 15.3 Å². The predicted octanol–water partition coefficient (Wildman–Crippen LogP) is 2.45. The van der Waals surface area contributed by atoms with E-state index in [0.717, 1.165) is 10.6 Å². The van der Waals surface area contributed by atoms with E-state index in [4.69, 9.17) is 5.11 Å². The van der Waals surface area contributed by atoms with E-state index < -0.39 is 11.2 Å². The van der Waals surface area contributed by atoms with Gasteiger partial charge in [-0.2, -0.15) is 0 Å². The molecule has 2 N–H and O–H groups in total. The molecule has 130 valence electrons. The van der Waals surface area contributed by atoms with Gasteiger partial charge in [-0.15, -0.1) is 11.8 Å². The van der Waals surface area contributed by atoms with Gasteiger partial charge in [0.2, 0.25) is 11.8 Å². The summed E-state index contributed by atoms with van der Waals surface area (Å²) in [4.78, 5) is 38.0. The summed E-state index contributed by atoms with van der Waals surface area (Å²) in [6.07, 6.45) is -0.0253. The van der Waals surface area contributed by atoms with E-state index in [9.17, 15) is 14.4 Å². The summed E-state index contributed by atoms with van der Waals surface area (Å²) in [7, 11) is 0. The molecule has 0 bridgehead atoms. The first-order chi connectivity index (χ1) is 11.4. The number of rotatable bonds is 7. The van der Waals surface area contributed by atoms with Crippen LogP contribution < -0.4 is 5.32 Å². The normalized spacial score (nSPS) is 16.5. The molecule has 6 nitrogen and oxygen atoms in total. The molecule has 0 radical (unpaired) electrons. The predicted molar refractivity (Wildman–Crippen MR) is 93.0 cm³/mol. The molecule has 24 heavy (non-hydrogen) atoms. The van der Waals surface area contributed by atoms with E-state index in [1.165, 1.54) is 11.8 Å². The summed E-state index contributed by atoms with van der Waals surface area (Å²) in [5, 5.41) is 11.2. The Bertz CT molecular complexity index is 633. The summed E-state index contributed by atoms with van der Waals surface area (Å²) in [5.74, 6) is -1.07. The van der Waals surface area contributed by atoms with Gasteiger partial charge >= 0.3 is 5.97 Å². The average Bonchev–Trinajstić information content (AvgIpc) is 2.51. The smallest absolute Gasteiger partial charge is 0.305 e. The van der Waals surface area contributed by atoms with Crippen LogP contribution in [0.15, 0.2) is 29.2 Å². The van der Waals surface area contributed by atoms with Crippen molar-refractivity contribution in [3.63, 3.8) is 0 Å². The van der Waals surface area contributed by atoms with E-state index in [2.05, 4.69) is 5.32 Å². The van der Waals surface area contributed by atoms with Crippen molar-refractivity contribution in [2.45, 2.75) is 36.8 Å². The van der Waals surface area contributed by atoms with Crippen molar-refractivity contribution in [3.8, 4) is 0 Å². The SMILES string of the molecule is CC(C)CN(CCC(=O)O)C(=O)C[C@@H]1Sc2ccccc2NC1=O. The largest absolute Gasteiger partial charge is 0.481 e. The topological polar surface area (TPSA) is 86.7 Å². The van der Waals surface area contributed by atoms with Gasteiger partial charge in [0.25, 0.3) is 0 Å². The molecule has 1 aromatic carbocycles. The van der Waals surface area contributed by atoms with Crippen molar-refractivity contribution in [2.75, 3.05) is 18.4 Å². The first-order valence-electron chi connectivity index (χ1n) is 7.93. The summed E-state index contributed by atoms with van der Waals surface area (Å²) in [6, 6.07) is 7.48. The number of carboxylic acid groups (broad SMARTS) is 1. The van der Waals surface area contributed by atoms with E-state index in [1.807, 2.05) is 38.1 Å². The Labute approximate surface area is 145 Å². The van der Waals surface area contributed by atoms with E-state index in [1.54, 1.807) is 4.90 Å². The fourth-order valence-corrected chi connectivity index (χ4v) is 3.61. The van der Waals surface area contributed by atoms with Gasteiger partial charge in [-0.05, 0) is 18.1 Å². The molecule has 1 aliphatic rings. The van der Waals surface area contributed by atoms with Crippen molar-refractivity contribution in [2.24, 2.45) is 5.92 Å². The van der Waals surface area contributed by atoms with Crippen molar-refractivity contribution in [1.29, 1.82) is 0 Å². The van der Waals surface area contributed by atoms with Crippen molar-refractivity contribution >= 4 is 35.2 Å². The van der Waals surface area contributed by atoms with Crippen LogP contribution in [-0.4, -0.2) is 46.1 Å². The Kier molecular flexibility index (Phi) is 6.25. The minimum Gasteiger partial charge on any atom is -0.481 e. The first kappa shape index (κ1) is 18.3. The molecule has 0 saturated carbocycles. The van der Waals surface area contributed by atoms with Crippen LogP contribution in [0.1, 0.15) is 26.7 Å². The molecule has 1 atom stereocenters. The van der Waals surface area contributed by atoms with E-state index in [-0.39, 0.29) is 37.1 Å². The Balaban J connectivity index is 2.03. The molecule has 0 fully saturated rings. The number of carbonyl (C=O) groups excluding carboxylic acids is 2. The number of thioether (sulfide) groups is 1. The highest BCUT2D eigenvalue weighted by Crippen LogP contribution is 2.36. The Hall–Kier alpha value is -2.02. The zero-order valence-electron chi connectivity index (χ0n) is 13.8. The number of benzene rings is 1. The lowest BCUT2D eigenvalue weighted by Crippen LogP contribution is -2.40. The van der Waals surface area contributed by atoms with Crippen LogP contribution in [0.3, 0.4) is 0 Å². The number of fused-ring (bicyclic) bond motifs is 1. The van der Waals surface area contributed by atoms with Crippen LogP contribution >= 0.6 is 11.8 Å². The molecule has 0 aliphatic carbocycles. The highest BCUT2D eigenvalue weighted by molar-refractivity contribution is 8.01. The molecular formula is C17H22N2O4S. The molecule has 1 heterocycles. The van der Waals surface area contributed by atoms with Crippen LogP contribution in [0.25, 0.3) is 0 Å². The maximum Gasteiger partial charge on any atom is 0.305 e. The molecule has 0 saturated heterocycles. The number of carbonyl (C=O) groups is 3. The van der Waals surface area contributed by atoms with Crippen LogP contribution in [0.4, 0.5) is 5.69 Å². The number of hydrogen-bond acceptors (Lipinski definition) is 4. The maximum absolute atomic E-state index is 12.6. The van der Waals surface area contributed by atoms with Gasteiger partial charge in [0.05, 0.1) is 17.4 Å². The lowest BCUT2D eigenvalue weighted by molar-refractivity contribution is -0.139. The number of nitrogens with zero attached hydrogens (tertiary/aromatic N) is 1. The van der Waals surface area contributed by atoms with Crippen LogP contribution in [-0.2, 0) is 14.4 Å². The number of amides is 2. The minimum atomic E-state index is -0.935. The third-order valence-corrected chi connectivity index (χ3v) is 4.88. The lowest BCUT2D eigenvalue weighted by atomic mass is 10.1. The van der Waals surface area contributed by atoms with Gasteiger partial charge in [-0.1, -0.05) is 26.0 Å². The number of carboxylic acids is 1. The number of aliphatic carboxylic acids is 1. The second kappa shape index (κ2) is 8.19. The standard InChI is InChI=1S/C17H22N2O4S/c1-11(2)10-19(8-7-16(21)22)15(20)9-14-17(23)18-12-5-3-4-6-13(12)24-14/h3-6,11,14H,7-10H2,1-2H3,(H,18,23)(H,21,22)/t14-/m0/s1. The average molecular weight is 350 g/mol. The van der Waals surface area contributed by atoms with E-state index in [0.29, 0.717) is 6.54 Å². The Morgan fingerprint density at radius 2 is 2.04 bits per heavy atom. The monoisotopic (exact) mass is 350 g/mol. The number of nitrogens with one attached hydrogen (secondary N) is 1. The van der Waals surface area contributed by atoms with Crippen molar-refractivity contribution in [3.05, 3.63) is 24.3 Å². The number of para-hydroxylation sites is 1. The summed E-state index contributed by atoms with van der Waals surface area (Å²) < 4.78 is 0. The van der Waals surface area contributed by atoms with Gasteiger partial charge in [-0.25, -0.2) is 0 Å².